The predicted molar refractivity (Wildman–Crippen MR) is 53.7 cm³/mol. The molecule has 0 aromatic rings. The molecule has 0 aliphatic carbocycles. The Bertz CT molecular complexity index is 202. The van der Waals surface area contributed by atoms with Gasteiger partial charge in [0.2, 0.25) is 0 Å². The van der Waals surface area contributed by atoms with Gasteiger partial charge in [-0.25, -0.2) is 4.79 Å². The van der Waals surface area contributed by atoms with Crippen molar-refractivity contribution in [3.8, 4) is 0 Å². The van der Waals surface area contributed by atoms with Crippen molar-refractivity contribution < 1.29 is 14.3 Å². The zero-order chi connectivity index (χ0) is 11.1. The number of rotatable bonds is 4. The van der Waals surface area contributed by atoms with Gasteiger partial charge in [0.05, 0.1) is 6.61 Å². The fourth-order valence-electron chi connectivity index (χ4n) is 1.25. The smallest absolute Gasteiger partial charge is 0.396 e. The van der Waals surface area contributed by atoms with E-state index in [1.165, 1.54) is 0 Å². The number of ether oxygens (including phenoxy) is 1. The summed E-state index contributed by atoms with van der Waals surface area (Å²) in [5.41, 5.74) is 0. The summed E-state index contributed by atoms with van der Waals surface area (Å²) in [5.74, 6) is -0.962. The van der Waals surface area contributed by atoms with Gasteiger partial charge in [-0.1, -0.05) is 13.8 Å². The zero-order valence-corrected chi connectivity index (χ0v) is 9.29. The predicted octanol–water partition coefficient (Wildman–Crippen LogP) is 1.10. The molecule has 0 aromatic carbocycles. The van der Waals surface area contributed by atoms with Gasteiger partial charge in [-0.3, -0.25) is 4.79 Å². The molecule has 0 bridgehead atoms. The summed E-state index contributed by atoms with van der Waals surface area (Å²) in [7, 11) is 0. The Kier molecular flexibility index (Phi) is 5.92. The average molecular weight is 201 g/mol. The van der Waals surface area contributed by atoms with E-state index < -0.39 is 11.9 Å². The molecule has 1 N–H and O–H groups in total. The van der Waals surface area contributed by atoms with Crippen LogP contribution in [0, 0.1) is 5.92 Å². The second-order valence-electron chi connectivity index (χ2n) is 3.72. The highest BCUT2D eigenvalue weighted by molar-refractivity contribution is 6.32. The van der Waals surface area contributed by atoms with Crippen LogP contribution in [0.4, 0.5) is 0 Å². The molecule has 1 unspecified atom stereocenters. The Hall–Kier alpha value is -1.06. The molecule has 0 radical (unpaired) electrons. The Morgan fingerprint density at radius 2 is 1.86 bits per heavy atom. The van der Waals surface area contributed by atoms with Crippen LogP contribution in [0.3, 0.4) is 0 Å². The minimum atomic E-state index is -0.803. The molecule has 4 heteroatoms. The van der Waals surface area contributed by atoms with Gasteiger partial charge in [-0.2, -0.15) is 0 Å². The highest BCUT2D eigenvalue weighted by atomic mass is 16.5. The van der Waals surface area contributed by atoms with Crippen LogP contribution < -0.4 is 5.32 Å². The van der Waals surface area contributed by atoms with Crippen LogP contribution in [0.1, 0.15) is 34.1 Å². The SMILES string of the molecule is CCOC(=O)C(=O)NC(C)CC(C)C. The van der Waals surface area contributed by atoms with E-state index in [9.17, 15) is 9.59 Å². The molecule has 1 amide bonds. The van der Waals surface area contributed by atoms with Gasteiger partial charge >= 0.3 is 11.9 Å². The molecule has 0 saturated heterocycles. The van der Waals surface area contributed by atoms with Gasteiger partial charge in [0, 0.05) is 6.04 Å². The second kappa shape index (κ2) is 6.40. The maximum absolute atomic E-state index is 11.1. The van der Waals surface area contributed by atoms with E-state index in [-0.39, 0.29) is 12.6 Å². The lowest BCUT2D eigenvalue weighted by molar-refractivity contribution is -0.154. The van der Waals surface area contributed by atoms with Crippen LogP contribution in [0.5, 0.6) is 0 Å². The highest BCUT2D eigenvalue weighted by Crippen LogP contribution is 2.03. The van der Waals surface area contributed by atoms with Crippen molar-refractivity contribution >= 4 is 11.9 Å². The van der Waals surface area contributed by atoms with Crippen molar-refractivity contribution in [1.29, 1.82) is 0 Å². The number of amides is 1. The Balaban J connectivity index is 3.87. The zero-order valence-electron chi connectivity index (χ0n) is 9.29. The largest absolute Gasteiger partial charge is 0.459 e. The van der Waals surface area contributed by atoms with Crippen LogP contribution in [0.2, 0.25) is 0 Å². The van der Waals surface area contributed by atoms with Crippen molar-refractivity contribution in [3.63, 3.8) is 0 Å². The summed E-state index contributed by atoms with van der Waals surface area (Å²) in [6.07, 6.45) is 0.852. The van der Waals surface area contributed by atoms with Gasteiger partial charge in [0.25, 0.3) is 0 Å². The van der Waals surface area contributed by atoms with E-state index in [0.717, 1.165) is 6.42 Å². The summed E-state index contributed by atoms with van der Waals surface area (Å²) in [6.45, 7) is 7.89. The summed E-state index contributed by atoms with van der Waals surface area (Å²) in [4.78, 5) is 22.1. The van der Waals surface area contributed by atoms with Crippen molar-refractivity contribution in [2.45, 2.75) is 40.2 Å². The number of carbonyl (C=O) groups excluding carboxylic acids is 2. The summed E-state index contributed by atoms with van der Waals surface area (Å²) in [5, 5.41) is 2.58. The molecule has 0 aliphatic rings. The topological polar surface area (TPSA) is 55.4 Å². The molecule has 0 saturated carbocycles. The van der Waals surface area contributed by atoms with E-state index in [1.807, 2.05) is 6.92 Å². The molecular formula is C10H19NO3. The summed E-state index contributed by atoms with van der Waals surface area (Å²) >= 11 is 0. The minimum absolute atomic E-state index is 0.00639. The fourth-order valence-corrected chi connectivity index (χ4v) is 1.25. The van der Waals surface area contributed by atoms with Crippen LogP contribution in [-0.4, -0.2) is 24.5 Å². The third-order valence-electron chi connectivity index (χ3n) is 1.66. The molecule has 0 aromatic heterocycles. The molecule has 82 valence electrons. The molecular weight excluding hydrogens is 182 g/mol. The van der Waals surface area contributed by atoms with Crippen molar-refractivity contribution in [3.05, 3.63) is 0 Å². The number of carbonyl (C=O) groups is 2. The van der Waals surface area contributed by atoms with Crippen molar-refractivity contribution in [2.75, 3.05) is 6.61 Å². The van der Waals surface area contributed by atoms with E-state index in [0.29, 0.717) is 5.92 Å². The lowest BCUT2D eigenvalue weighted by atomic mass is 10.1. The normalized spacial score (nSPS) is 12.4. The Morgan fingerprint density at radius 1 is 1.29 bits per heavy atom. The fraction of sp³-hybridized carbons (Fsp3) is 0.800. The lowest BCUT2D eigenvalue weighted by Crippen LogP contribution is -2.39. The van der Waals surface area contributed by atoms with Crippen LogP contribution >= 0.6 is 0 Å². The molecule has 1 atom stereocenters. The van der Waals surface area contributed by atoms with Crippen LogP contribution in [0.25, 0.3) is 0 Å². The highest BCUT2D eigenvalue weighted by Gasteiger charge is 2.17. The standard InChI is InChI=1S/C10H19NO3/c1-5-14-10(13)9(12)11-8(4)6-7(2)3/h7-8H,5-6H2,1-4H3,(H,11,12). The first-order chi connectivity index (χ1) is 6.47. The number of hydrogen-bond donors (Lipinski definition) is 1. The third-order valence-corrected chi connectivity index (χ3v) is 1.66. The van der Waals surface area contributed by atoms with E-state index in [1.54, 1.807) is 6.92 Å². The van der Waals surface area contributed by atoms with Gasteiger partial charge in [0.15, 0.2) is 0 Å². The molecule has 0 aliphatic heterocycles. The molecule has 4 nitrogen and oxygen atoms in total. The molecule has 0 fully saturated rings. The quantitative estimate of drug-likeness (QED) is 0.547. The second-order valence-corrected chi connectivity index (χ2v) is 3.72. The van der Waals surface area contributed by atoms with Crippen LogP contribution in [0.15, 0.2) is 0 Å². The average Bonchev–Trinajstić information content (AvgIpc) is 2.02. The number of esters is 1. The minimum Gasteiger partial charge on any atom is -0.459 e. The Labute approximate surface area is 85.0 Å². The first kappa shape index (κ1) is 12.9. The van der Waals surface area contributed by atoms with Crippen molar-refractivity contribution in [1.82, 2.24) is 5.32 Å². The van der Waals surface area contributed by atoms with E-state index >= 15 is 0 Å². The van der Waals surface area contributed by atoms with Crippen molar-refractivity contribution in [2.24, 2.45) is 5.92 Å². The monoisotopic (exact) mass is 201 g/mol. The first-order valence-corrected chi connectivity index (χ1v) is 4.95. The Morgan fingerprint density at radius 3 is 2.29 bits per heavy atom. The van der Waals surface area contributed by atoms with Gasteiger partial charge in [-0.15, -0.1) is 0 Å². The number of hydrogen-bond acceptors (Lipinski definition) is 3. The molecule has 14 heavy (non-hydrogen) atoms. The molecule has 0 rings (SSSR count). The lowest BCUT2D eigenvalue weighted by Gasteiger charge is -2.14. The van der Waals surface area contributed by atoms with Crippen LogP contribution in [-0.2, 0) is 14.3 Å². The van der Waals surface area contributed by atoms with E-state index in [2.05, 4.69) is 23.9 Å². The summed E-state index contributed by atoms with van der Waals surface area (Å²) < 4.78 is 4.56. The van der Waals surface area contributed by atoms with Gasteiger partial charge in [0.1, 0.15) is 0 Å². The first-order valence-electron chi connectivity index (χ1n) is 4.95. The maximum Gasteiger partial charge on any atom is 0.396 e. The van der Waals surface area contributed by atoms with Gasteiger partial charge in [-0.05, 0) is 26.2 Å². The molecule has 0 heterocycles. The van der Waals surface area contributed by atoms with Gasteiger partial charge < -0.3 is 10.1 Å². The van der Waals surface area contributed by atoms with E-state index in [4.69, 9.17) is 0 Å². The molecule has 0 spiro atoms. The number of nitrogens with one attached hydrogen (secondary N) is 1. The summed E-state index contributed by atoms with van der Waals surface area (Å²) in [6, 6.07) is 0.00639. The third kappa shape index (κ3) is 5.56. The maximum atomic E-state index is 11.1.